The van der Waals surface area contributed by atoms with E-state index in [1.165, 1.54) is 13.8 Å². The van der Waals surface area contributed by atoms with E-state index >= 15 is 0 Å². The van der Waals surface area contributed by atoms with Gasteiger partial charge < -0.3 is 14.6 Å². The van der Waals surface area contributed by atoms with Crippen LogP contribution in [0.4, 0.5) is 0 Å². The minimum absolute atomic E-state index is 0.154. The van der Waals surface area contributed by atoms with Gasteiger partial charge in [-0.1, -0.05) is 6.92 Å². The van der Waals surface area contributed by atoms with Crippen LogP contribution in [0.25, 0.3) is 0 Å². The van der Waals surface area contributed by atoms with Gasteiger partial charge in [0.1, 0.15) is 6.10 Å². The summed E-state index contributed by atoms with van der Waals surface area (Å²) < 4.78 is 9.49. The molecule has 1 N–H and O–H groups in total. The van der Waals surface area contributed by atoms with Crippen LogP contribution in [-0.4, -0.2) is 35.4 Å². The van der Waals surface area contributed by atoms with Crippen molar-refractivity contribution in [2.45, 2.75) is 32.5 Å². The zero-order valence-corrected chi connectivity index (χ0v) is 8.44. The Balaban J connectivity index is 2.81. The van der Waals surface area contributed by atoms with Crippen molar-refractivity contribution < 1.29 is 24.2 Å². The molecule has 0 spiro atoms. The Hall–Kier alpha value is -1.10. The molecule has 1 saturated heterocycles. The average molecular weight is 202 g/mol. The van der Waals surface area contributed by atoms with Crippen LogP contribution in [0.2, 0.25) is 0 Å². The number of esters is 2. The lowest BCUT2D eigenvalue weighted by molar-refractivity contribution is -0.176. The molecule has 0 aromatic carbocycles. The van der Waals surface area contributed by atoms with E-state index in [1.54, 1.807) is 6.92 Å². The zero-order chi connectivity index (χ0) is 10.9. The van der Waals surface area contributed by atoms with Gasteiger partial charge in [0.25, 0.3) is 0 Å². The molecule has 1 aliphatic heterocycles. The fourth-order valence-corrected chi connectivity index (χ4v) is 1.55. The van der Waals surface area contributed by atoms with Gasteiger partial charge in [-0.05, 0) is 6.92 Å². The minimum atomic E-state index is -1.70. The number of hydrogen-bond donors (Lipinski definition) is 1. The first-order valence-corrected chi connectivity index (χ1v) is 4.45. The van der Waals surface area contributed by atoms with Crippen LogP contribution in [0.3, 0.4) is 0 Å². The van der Waals surface area contributed by atoms with Gasteiger partial charge >= 0.3 is 11.9 Å². The molecule has 0 saturated carbocycles. The molecule has 0 unspecified atom stereocenters. The summed E-state index contributed by atoms with van der Waals surface area (Å²) in [6.07, 6.45) is -0.884. The first kappa shape index (κ1) is 11.0. The number of carbonyl (C=O) groups excluding carboxylic acids is 2. The van der Waals surface area contributed by atoms with Crippen LogP contribution in [-0.2, 0) is 19.1 Å². The summed E-state index contributed by atoms with van der Waals surface area (Å²) >= 11 is 0. The molecular formula is C9H14O5. The number of hydrogen-bond acceptors (Lipinski definition) is 5. The van der Waals surface area contributed by atoms with E-state index in [2.05, 4.69) is 0 Å². The van der Waals surface area contributed by atoms with Gasteiger partial charge in [-0.2, -0.15) is 0 Å². The summed E-state index contributed by atoms with van der Waals surface area (Å²) in [5.41, 5.74) is -1.70. The monoisotopic (exact) mass is 202 g/mol. The molecule has 0 amide bonds. The molecule has 1 rings (SSSR count). The Labute approximate surface area is 82.0 Å². The quantitative estimate of drug-likeness (QED) is 0.631. The Morgan fingerprint density at radius 1 is 1.79 bits per heavy atom. The van der Waals surface area contributed by atoms with Gasteiger partial charge in [-0.3, -0.25) is 4.79 Å². The summed E-state index contributed by atoms with van der Waals surface area (Å²) in [6.45, 7) is 4.53. The Kier molecular flexibility index (Phi) is 2.80. The van der Waals surface area contributed by atoms with Crippen LogP contribution < -0.4 is 0 Å². The van der Waals surface area contributed by atoms with Gasteiger partial charge in [0.05, 0.1) is 6.61 Å². The maximum Gasteiger partial charge on any atom is 0.342 e. The highest BCUT2D eigenvalue weighted by atomic mass is 16.6. The molecule has 1 heterocycles. The van der Waals surface area contributed by atoms with Crippen molar-refractivity contribution in [2.75, 3.05) is 6.61 Å². The SMILES string of the molecule is CC(=O)O[C@@H](C)[C@]1(O)C(=O)OC[C@H]1C. The van der Waals surface area contributed by atoms with Gasteiger partial charge in [-0.25, -0.2) is 4.79 Å². The Morgan fingerprint density at radius 3 is 2.71 bits per heavy atom. The van der Waals surface area contributed by atoms with Gasteiger partial charge in [0.15, 0.2) is 0 Å². The van der Waals surface area contributed by atoms with Crippen molar-refractivity contribution in [3.63, 3.8) is 0 Å². The van der Waals surface area contributed by atoms with E-state index in [-0.39, 0.29) is 12.5 Å². The highest BCUT2D eigenvalue weighted by Crippen LogP contribution is 2.31. The van der Waals surface area contributed by atoms with E-state index in [1.807, 2.05) is 0 Å². The van der Waals surface area contributed by atoms with Crippen molar-refractivity contribution in [1.82, 2.24) is 0 Å². The van der Waals surface area contributed by atoms with Crippen LogP contribution in [0.1, 0.15) is 20.8 Å². The smallest absolute Gasteiger partial charge is 0.342 e. The van der Waals surface area contributed by atoms with Crippen molar-refractivity contribution in [1.29, 1.82) is 0 Å². The summed E-state index contributed by atoms with van der Waals surface area (Å²) in [5.74, 6) is -1.62. The second-order valence-corrected chi connectivity index (χ2v) is 3.58. The molecule has 14 heavy (non-hydrogen) atoms. The number of carbonyl (C=O) groups is 2. The first-order chi connectivity index (χ1) is 6.39. The average Bonchev–Trinajstić information content (AvgIpc) is 2.33. The minimum Gasteiger partial charge on any atom is -0.463 e. The third-order valence-corrected chi connectivity index (χ3v) is 2.51. The second-order valence-electron chi connectivity index (χ2n) is 3.58. The third-order valence-electron chi connectivity index (χ3n) is 2.51. The molecule has 0 aromatic heterocycles. The molecule has 0 aromatic rings. The lowest BCUT2D eigenvalue weighted by Gasteiger charge is -2.28. The molecule has 80 valence electrons. The topological polar surface area (TPSA) is 72.8 Å². The highest BCUT2D eigenvalue weighted by Gasteiger charge is 2.54. The Morgan fingerprint density at radius 2 is 2.36 bits per heavy atom. The number of aliphatic hydroxyl groups is 1. The molecule has 0 bridgehead atoms. The highest BCUT2D eigenvalue weighted by molar-refractivity contribution is 5.83. The molecule has 3 atom stereocenters. The van der Waals surface area contributed by atoms with E-state index in [4.69, 9.17) is 9.47 Å². The number of ether oxygens (including phenoxy) is 2. The number of rotatable bonds is 2. The summed E-state index contributed by atoms with van der Waals surface area (Å²) in [6, 6.07) is 0. The van der Waals surface area contributed by atoms with Crippen molar-refractivity contribution in [2.24, 2.45) is 5.92 Å². The first-order valence-electron chi connectivity index (χ1n) is 4.45. The zero-order valence-electron chi connectivity index (χ0n) is 8.44. The summed E-state index contributed by atoms with van der Waals surface area (Å²) in [5, 5.41) is 9.99. The molecule has 1 fully saturated rings. The Bertz CT molecular complexity index is 262. The molecule has 1 aliphatic rings. The van der Waals surface area contributed by atoms with Crippen molar-refractivity contribution in [3.8, 4) is 0 Å². The maximum atomic E-state index is 11.3. The fourth-order valence-electron chi connectivity index (χ4n) is 1.55. The van der Waals surface area contributed by atoms with E-state index in [0.29, 0.717) is 0 Å². The lowest BCUT2D eigenvalue weighted by Crippen LogP contribution is -2.51. The van der Waals surface area contributed by atoms with Gasteiger partial charge in [0, 0.05) is 12.8 Å². The summed E-state index contributed by atoms with van der Waals surface area (Å²) in [7, 11) is 0. The summed E-state index contributed by atoms with van der Waals surface area (Å²) in [4.78, 5) is 21.9. The van der Waals surface area contributed by atoms with Gasteiger partial charge in [0.2, 0.25) is 5.60 Å². The normalized spacial score (nSPS) is 33.7. The van der Waals surface area contributed by atoms with Crippen molar-refractivity contribution >= 4 is 11.9 Å². The molecule has 0 radical (unpaired) electrons. The molecular weight excluding hydrogens is 188 g/mol. The standard InChI is InChI=1S/C9H14O5/c1-5-4-13-8(11)9(5,12)6(2)14-7(3)10/h5-6,12H,4H2,1-3H3/t5-,6+,9+/m1/s1. The van der Waals surface area contributed by atoms with E-state index in [9.17, 15) is 14.7 Å². The van der Waals surface area contributed by atoms with Crippen LogP contribution in [0, 0.1) is 5.92 Å². The van der Waals surface area contributed by atoms with E-state index < -0.39 is 23.6 Å². The lowest BCUT2D eigenvalue weighted by atomic mass is 9.87. The van der Waals surface area contributed by atoms with Crippen LogP contribution >= 0.6 is 0 Å². The van der Waals surface area contributed by atoms with E-state index in [0.717, 1.165) is 0 Å². The molecule has 5 heteroatoms. The van der Waals surface area contributed by atoms with Crippen molar-refractivity contribution in [3.05, 3.63) is 0 Å². The molecule has 5 nitrogen and oxygen atoms in total. The number of cyclic esters (lactones) is 1. The molecule has 0 aliphatic carbocycles. The fraction of sp³-hybridized carbons (Fsp3) is 0.778. The maximum absolute atomic E-state index is 11.3. The van der Waals surface area contributed by atoms with Crippen LogP contribution in [0.5, 0.6) is 0 Å². The van der Waals surface area contributed by atoms with Crippen LogP contribution in [0.15, 0.2) is 0 Å². The second kappa shape index (κ2) is 3.57. The predicted molar refractivity (Wildman–Crippen MR) is 46.3 cm³/mol. The van der Waals surface area contributed by atoms with Gasteiger partial charge in [-0.15, -0.1) is 0 Å². The predicted octanol–water partition coefficient (Wildman–Crippen LogP) is -0.138. The third kappa shape index (κ3) is 1.59. The largest absolute Gasteiger partial charge is 0.463 e.